The Morgan fingerprint density at radius 1 is 1.24 bits per heavy atom. The molecule has 0 saturated carbocycles. The van der Waals surface area contributed by atoms with Crippen LogP contribution in [0.3, 0.4) is 0 Å². The molecule has 2 saturated heterocycles. The molecule has 6 heteroatoms. The molecule has 0 aliphatic carbocycles. The van der Waals surface area contributed by atoms with E-state index in [1.807, 2.05) is 20.8 Å². The fourth-order valence-corrected chi connectivity index (χ4v) is 4.13. The molecule has 1 aromatic rings. The third-order valence-corrected chi connectivity index (χ3v) is 5.04. The topological polar surface area (TPSA) is 49.8 Å². The molecule has 4 nitrogen and oxygen atoms in total. The van der Waals surface area contributed by atoms with Crippen LogP contribution in [-0.2, 0) is 10.3 Å². The molecule has 2 bridgehead atoms. The Bertz CT molecular complexity index is 657. The smallest absolute Gasteiger partial charge is 0.410 e. The quantitative estimate of drug-likeness (QED) is 0.827. The lowest BCUT2D eigenvalue weighted by Gasteiger charge is -2.51. The highest BCUT2D eigenvalue weighted by Gasteiger charge is 2.49. The van der Waals surface area contributed by atoms with Crippen molar-refractivity contribution in [3.8, 4) is 0 Å². The Balaban J connectivity index is 1.87. The number of piperidine rings is 2. The summed E-state index contributed by atoms with van der Waals surface area (Å²) in [5, 5.41) is 11.1. The average molecular weight is 353 g/mol. The molecule has 1 aromatic carbocycles. The van der Waals surface area contributed by atoms with Gasteiger partial charge in [0.2, 0.25) is 0 Å². The second kappa shape index (κ2) is 6.24. The lowest BCUT2D eigenvalue weighted by atomic mass is 9.72. The van der Waals surface area contributed by atoms with E-state index in [4.69, 9.17) is 4.74 Å². The number of nitrogens with zero attached hydrogens (tertiary/aromatic N) is 1. The van der Waals surface area contributed by atoms with Crippen molar-refractivity contribution in [2.24, 2.45) is 0 Å². The first kappa shape index (κ1) is 18.1. The molecule has 2 unspecified atom stereocenters. The minimum Gasteiger partial charge on any atom is -0.444 e. The van der Waals surface area contributed by atoms with Crippen LogP contribution < -0.4 is 0 Å². The number of hydrogen-bond donors (Lipinski definition) is 1. The zero-order valence-electron chi connectivity index (χ0n) is 14.9. The van der Waals surface area contributed by atoms with Gasteiger partial charge >= 0.3 is 6.09 Å². The highest BCUT2D eigenvalue weighted by molar-refractivity contribution is 5.69. The molecule has 0 radical (unpaired) electrons. The van der Waals surface area contributed by atoms with Crippen LogP contribution in [0.2, 0.25) is 0 Å². The Morgan fingerprint density at radius 3 is 2.36 bits per heavy atom. The van der Waals surface area contributed by atoms with Gasteiger partial charge in [0.1, 0.15) is 17.2 Å². The first-order chi connectivity index (χ1) is 11.6. The molecular formula is C19H25F2NO3. The van der Waals surface area contributed by atoms with Gasteiger partial charge in [-0.25, -0.2) is 13.6 Å². The normalized spacial score (nSPS) is 29.4. The number of aliphatic hydroxyl groups is 1. The maximum atomic E-state index is 14.2. The van der Waals surface area contributed by atoms with Gasteiger partial charge in [0, 0.05) is 36.6 Å². The Labute approximate surface area is 146 Å². The number of halogens is 2. The molecular weight excluding hydrogens is 328 g/mol. The Kier molecular flexibility index (Phi) is 4.52. The summed E-state index contributed by atoms with van der Waals surface area (Å²) in [6, 6.07) is 2.84. The van der Waals surface area contributed by atoms with E-state index in [1.54, 1.807) is 4.90 Å². The first-order valence-electron chi connectivity index (χ1n) is 8.78. The van der Waals surface area contributed by atoms with E-state index >= 15 is 0 Å². The number of rotatable bonds is 1. The van der Waals surface area contributed by atoms with E-state index in [0.717, 1.165) is 31.4 Å². The van der Waals surface area contributed by atoms with Gasteiger partial charge in [0.15, 0.2) is 0 Å². The Morgan fingerprint density at radius 2 is 1.84 bits per heavy atom. The number of fused-ring (bicyclic) bond motifs is 2. The van der Waals surface area contributed by atoms with Gasteiger partial charge in [-0.3, -0.25) is 0 Å². The highest BCUT2D eigenvalue weighted by atomic mass is 19.1. The fraction of sp³-hybridized carbons (Fsp3) is 0.632. The second-order valence-corrected chi connectivity index (χ2v) is 8.19. The summed E-state index contributed by atoms with van der Waals surface area (Å²) >= 11 is 0. The van der Waals surface area contributed by atoms with Crippen molar-refractivity contribution in [1.29, 1.82) is 0 Å². The van der Waals surface area contributed by atoms with Crippen LogP contribution in [0.25, 0.3) is 0 Å². The van der Waals surface area contributed by atoms with Crippen molar-refractivity contribution in [3.05, 3.63) is 35.4 Å². The predicted octanol–water partition coefficient (Wildman–Crippen LogP) is 4.10. The van der Waals surface area contributed by atoms with Crippen molar-refractivity contribution in [1.82, 2.24) is 4.90 Å². The van der Waals surface area contributed by atoms with Gasteiger partial charge in [-0.2, -0.15) is 0 Å². The van der Waals surface area contributed by atoms with Crippen molar-refractivity contribution < 1.29 is 23.4 Å². The van der Waals surface area contributed by atoms with Crippen molar-refractivity contribution in [2.75, 3.05) is 0 Å². The number of carbonyl (C=O) groups excluding carboxylic acids is 1. The van der Waals surface area contributed by atoms with E-state index < -0.39 is 22.8 Å². The number of ether oxygens (including phenoxy) is 1. The minimum absolute atomic E-state index is 0.106. The maximum Gasteiger partial charge on any atom is 0.410 e. The van der Waals surface area contributed by atoms with Gasteiger partial charge < -0.3 is 14.7 Å². The van der Waals surface area contributed by atoms with Gasteiger partial charge in [-0.05, 0) is 46.1 Å². The summed E-state index contributed by atoms with van der Waals surface area (Å²) in [4.78, 5) is 14.3. The zero-order chi connectivity index (χ0) is 18.4. The fourth-order valence-electron chi connectivity index (χ4n) is 4.13. The molecule has 3 rings (SSSR count). The number of benzene rings is 1. The van der Waals surface area contributed by atoms with E-state index in [9.17, 15) is 18.7 Å². The predicted molar refractivity (Wildman–Crippen MR) is 89.0 cm³/mol. The van der Waals surface area contributed by atoms with Crippen LogP contribution in [0.15, 0.2) is 18.2 Å². The highest BCUT2D eigenvalue weighted by Crippen LogP contribution is 2.45. The average Bonchev–Trinajstić information content (AvgIpc) is 2.43. The number of hydrogen-bond acceptors (Lipinski definition) is 3. The summed E-state index contributed by atoms with van der Waals surface area (Å²) in [5.41, 5.74) is -1.89. The molecule has 2 atom stereocenters. The van der Waals surface area contributed by atoms with Crippen molar-refractivity contribution in [2.45, 2.75) is 76.2 Å². The first-order valence-corrected chi connectivity index (χ1v) is 8.78. The lowest BCUT2D eigenvalue weighted by molar-refractivity contribution is -0.0978. The summed E-state index contributed by atoms with van der Waals surface area (Å²) < 4.78 is 32.9. The van der Waals surface area contributed by atoms with Crippen LogP contribution in [0.4, 0.5) is 13.6 Å². The monoisotopic (exact) mass is 353 g/mol. The van der Waals surface area contributed by atoms with E-state index in [2.05, 4.69) is 0 Å². The third-order valence-electron chi connectivity index (χ3n) is 5.04. The third kappa shape index (κ3) is 3.64. The maximum absolute atomic E-state index is 14.2. The van der Waals surface area contributed by atoms with Crippen molar-refractivity contribution in [3.63, 3.8) is 0 Å². The molecule has 1 amide bonds. The molecule has 25 heavy (non-hydrogen) atoms. The van der Waals surface area contributed by atoms with Crippen LogP contribution in [0.1, 0.15) is 58.4 Å². The molecule has 0 aromatic heterocycles. The standard InChI is InChI=1S/C19H25F2NO3/c1-18(2,3)25-17(23)22-13-5-4-6-14(22)11-19(24,10-13)15-8-7-12(20)9-16(15)21/h7-9,13-14,24H,4-6,10-11H2,1-3H3. The second-order valence-electron chi connectivity index (χ2n) is 8.19. The van der Waals surface area contributed by atoms with E-state index in [-0.39, 0.29) is 36.6 Å². The van der Waals surface area contributed by atoms with Crippen LogP contribution in [0.5, 0.6) is 0 Å². The van der Waals surface area contributed by atoms with Gasteiger partial charge in [0.25, 0.3) is 0 Å². The number of carbonyl (C=O) groups is 1. The van der Waals surface area contributed by atoms with Gasteiger partial charge in [-0.1, -0.05) is 6.07 Å². The summed E-state index contributed by atoms with van der Waals surface area (Å²) in [7, 11) is 0. The molecule has 2 fully saturated rings. The SMILES string of the molecule is CC(C)(C)OC(=O)N1C2CCCC1CC(O)(c1ccc(F)cc1F)C2. The molecule has 2 heterocycles. The number of amides is 1. The van der Waals surface area contributed by atoms with Crippen LogP contribution in [-0.4, -0.2) is 33.8 Å². The minimum atomic E-state index is -1.40. The zero-order valence-corrected chi connectivity index (χ0v) is 14.9. The van der Waals surface area contributed by atoms with E-state index in [1.165, 1.54) is 6.07 Å². The molecule has 138 valence electrons. The summed E-state index contributed by atoms with van der Waals surface area (Å²) in [6.07, 6.45) is 2.50. The van der Waals surface area contributed by atoms with Crippen LogP contribution in [0, 0.1) is 11.6 Å². The summed E-state index contributed by atoms with van der Waals surface area (Å²) in [5.74, 6) is -1.41. The molecule has 1 N–H and O–H groups in total. The lowest BCUT2D eigenvalue weighted by Crippen LogP contribution is -2.59. The summed E-state index contributed by atoms with van der Waals surface area (Å²) in [6.45, 7) is 5.44. The molecule has 2 aliphatic rings. The van der Waals surface area contributed by atoms with Crippen molar-refractivity contribution >= 4 is 6.09 Å². The van der Waals surface area contributed by atoms with E-state index in [0.29, 0.717) is 0 Å². The largest absolute Gasteiger partial charge is 0.444 e. The van der Waals surface area contributed by atoms with Gasteiger partial charge in [0.05, 0.1) is 5.60 Å². The molecule has 0 spiro atoms. The van der Waals surface area contributed by atoms with Crippen LogP contribution >= 0.6 is 0 Å². The van der Waals surface area contributed by atoms with Gasteiger partial charge in [-0.15, -0.1) is 0 Å². The molecule has 2 aliphatic heterocycles. The Hall–Kier alpha value is -1.69.